The lowest BCUT2D eigenvalue weighted by atomic mass is 10.3. The van der Waals surface area contributed by atoms with Gasteiger partial charge < -0.3 is 5.11 Å². The molecule has 0 radical (unpaired) electrons. The molecular formula is C4H9ClO. The Morgan fingerprint density at radius 3 is 1.67 bits per heavy atom. The van der Waals surface area contributed by atoms with E-state index in [-0.39, 0.29) is 11.5 Å². The molecule has 0 bridgehead atoms. The van der Waals surface area contributed by atoms with Crippen LogP contribution in [-0.4, -0.2) is 16.6 Å². The molecule has 1 N–H and O–H groups in total. The molecule has 0 spiro atoms. The summed E-state index contributed by atoms with van der Waals surface area (Å²) in [5.74, 6) is 0. The lowest BCUT2D eigenvalue weighted by Crippen LogP contribution is -2.11. The molecule has 2 heteroatoms. The first-order chi connectivity index (χ1) is 2.64. The quantitative estimate of drug-likeness (QED) is 0.497. The number of rotatable bonds is 1. The molecule has 0 amide bonds. The fourth-order valence-electron chi connectivity index (χ4n) is 0. The van der Waals surface area contributed by atoms with E-state index in [0.717, 1.165) is 0 Å². The van der Waals surface area contributed by atoms with Crippen molar-refractivity contribution in [3.63, 3.8) is 0 Å². The van der Waals surface area contributed by atoms with Crippen LogP contribution in [0.1, 0.15) is 13.8 Å². The highest BCUT2D eigenvalue weighted by molar-refractivity contribution is 6.20. The van der Waals surface area contributed by atoms with Crippen molar-refractivity contribution in [2.75, 3.05) is 0 Å². The van der Waals surface area contributed by atoms with E-state index >= 15 is 0 Å². The monoisotopic (exact) mass is 108 g/mol. The summed E-state index contributed by atoms with van der Waals surface area (Å²) in [6.07, 6.45) is -0.383. The van der Waals surface area contributed by atoms with Crippen LogP contribution >= 0.6 is 11.6 Å². The maximum atomic E-state index is 8.50. The van der Waals surface area contributed by atoms with E-state index in [9.17, 15) is 0 Å². The van der Waals surface area contributed by atoms with Crippen LogP contribution < -0.4 is 0 Å². The van der Waals surface area contributed by atoms with Crippen molar-refractivity contribution in [2.45, 2.75) is 25.3 Å². The van der Waals surface area contributed by atoms with Crippen LogP contribution in [0.3, 0.4) is 0 Å². The largest absolute Gasteiger partial charge is 0.392 e. The van der Waals surface area contributed by atoms with Crippen molar-refractivity contribution >= 4 is 11.6 Å². The highest BCUT2D eigenvalue weighted by Gasteiger charge is 2.00. The second-order valence-electron chi connectivity index (χ2n) is 1.42. The van der Waals surface area contributed by atoms with E-state index in [2.05, 4.69) is 0 Å². The smallest absolute Gasteiger partial charge is 0.0672 e. The van der Waals surface area contributed by atoms with Gasteiger partial charge in [-0.25, -0.2) is 0 Å². The molecular weight excluding hydrogens is 99.5 g/mol. The molecule has 0 fully saturated rings. The van der Waals surface area contributed by atoms with Crippen LogP contribution in [0.2, 0.25) is 0 Å². The Bertz CT molecular complexity index is 28.5. The fourth-order valence-corrected chi connectivity index (χ4v) is 0. The number of alkyl halides is 1. The summed E-state index contributed by atoms with van der Waals surface area (Å²) in [6, 6.07) is 0. The van der Waals surface area contributed by atoms with Gasteiger partial charge >= 0.3 is 0 Å². The first kappa shape index (κ1) is 6.25. The molecule has 0 aliphatic carbocycles. The van der Waals surface area contributed by atoms with Crippen molar-refractivity contribution in [3.05, 3.63) is 0 Å². The van der Waals surface area contributed by atoms with Crippen LogP contribution in [0.25, 0.3) is 0 Å². The van der Waals surface area contributed by atoms with Gasteiger partial charge in [-0.2, -0.15) is 0 Å². The molecule has 6 heavy (non-hydrogen) atoms. The molecule has 0 saturated carbocycles. The van der Waals surface area contributed by atoms with Gasteiger partial charge in [0.2, 0.25) is 0 Å². The van der Waals surface area contributed by atoms with Crippen LogP contribution in [0, 0.1) is 0 Å². The van der Waals surface area contributed by atoms with E-state index in [0.29, 0.717) is 0 Å². The molecule has 0 heterocycles. The molecule has 0 aromatic carbocycles. The van der Waals surface area contributed by atoms with Gasteiger partial charge in [-0.15, -0.1) is 11.6 Å². The Kier molecular flexibility index (Phi) is 2.53. The topological polar surface area (TPSA) is 20.2 Å². The molecule has 38 valence electrons. The second-order valence-corrected chi connectivity index (χ2v) is 2.11. The fraction of sp³-hybridized carbons (Fsp3) is 1.00. The minimum atomic E-state index is -0.383. The van der Waals surface area contributed by atoms with E-state index in [1.165, 1.54) is 0 Å². The highest BCUT2D eigenvalue weighted by atomic mass is 35.5. The van der Waals surface area contributed by atoms with Gasteiger partial charge in [0, 0.05) is 0 Å². The summed E-state index contributed by atoms with van der Waals surface area (Å²) >= 11 is 5.36. The third-order valence-electron chi connectivity index (χ3n) is 0.665. The lowest BCUT2D eigenvalue weighted by molar-refractivity contribution is 0.194. The average Bonchev–Trinajstić information content (AvgIpc) is 1.36. The number of halogens is 1. The van der Waals surface area contributed by atoms with Crippen molar-refractivity contribution < 1.29 is 5.11 Å². The molecule has 1 nitrogen and oxygen atoms in total. The summed E-state index contributed by atoms with van der Waals surface area (Å²) in [5.41, 5.74) is 0. The van der Waals surface area contributed by atoms with E-state index in [1.807, 2.05) is 0 Å². The summed E-state index contributed by atoms with van der Waals surface area (Å²) in [5, 5.41) is 8.38. The number of aliphatic hydroxyl groups is 1. The van der Waals surface area contributed by atoms with Crippen LogP contribution in [-0.2, 0) is 0 Å². The maximum Gasteiger partial charge on any atom is 0.0672 e. The molecule has 0 rings (SSSR count). The van der Waals surface area contributed by atoms with Gasteiger partial charge in [0.1, 0.15) is 0 Å². The highest BCUT2D eigenvalue weighted by Crippen LogP contribution is 1.97. The van der Waals surface area contributed by atoms with E-state index < -0.39 is 0 Å². The molecule has 0 aromatic rings. The zero-order valence-corrected chi connectivity index (χ0v) is 4.74. The first-order valence-electron chi connectivity index (χ1n) is 1.96. The zero-order valence-electron chi connectivity index (χ0n) is 3.98. The van der Waals surface area contributed by atoms with E-state index in [4.69, 9.17) is 16.7 Å². The minimum absolute atomic E-state index is 0.120. The lowest BCUT2D eigenvalue weighted by Gasteiger charge is -2.02. The van der Waals surface area contributed by atoms with Gasteiger partial charge in [-0.3, -0.25) is 0 Å². The molecule has 0 aliphatic rings. The number of aliphatic hydroxyl groups excluding tert-OH is 1. The van der Waals surface area contributed by atoms with Crippen molar-refractivity contribution in [1.29, 1.82) is 0 Å². The van der Waals surface area contributed by atoms with Crippen LogP contribution in [0.5, 0.6) is 0 Å². The Morgan fingerprint density at radius 1 is 1.50 bits per heavy atom. The Hall–Kier alpha value is 0.250. The predicted octanol–water partition coefficient (Wildman–Crippen LogP) is 0.994. The third-order valence-corrected chi connectivity index (χ3v) is 1.03. The van der Waals surface area contributed by atoms with Crippen molar-refractivity contribution in [3.8, 4) is 0 Å². The summed E-state index contributed by atoms with van der Waals surface area (Å²) in [7, 11) is 0. The third kappa shape index (κ3) is 2.49. The zero-order chi connectivity index (χ0) is 5.15. The maximum absolute atomic E-state index is 8.50. The molecule has 0 aliphatic heterocycles. The molecule has 0 aromatic heterocycles. The minimum Gasteiger partial charge on any atom is -0.392 e. The molecule has 2 atom stereocenters. The first-order valence-corrected chi connectivity index (χ1v) is 2.40. The summed E-state index contributed by atoms with van der Waals surface area (Å²) < 4.78 is 0. The Labute approximate surface area is 42.9 Å². The van der Waals surface area contributed by atoms with Crippen molar-refractivity contribution in [1.82, 2.24) is 0 Å². The van der Waals surface area contributed by atoms with Gasteiger partial charge in [0.25, 0.3) is 0 Å². The second kappa shape index (κ2) is 2.43. The summed E-state index contributed by atoms with van der Waals surface area (Å²) in [4.78, 5) is 0. The van der Waals surface area contributed by atoms with Gasteiger partial charge in [0.05, 0.1) is 11.5 Å². The number of hydrogen-bond donors (Lipinski definition) is 1. The summed E-state index contributed by atoms with van der Waals surface area (Å²) in [6.45, 7) is 3.42. The molecule has 1 unspecified atom stereocenters. The van der Waals surface area contributed by atoms with Crippen molar-refractivity contribution in [2.24, 2.45) is 0 Å². The van der Waals surface area contributed by atoms with Crippen LogP contribution in [0.15, 0.2) is 0 Å². The van der Waals surface area contributed by atoms with Gasteiger partial charge in [-0.1, -0.05) is 0 Å². The number of hydrogen-bond acceptors (Lipinski definition) is 1. The van der Waals surface area contributed by atoms with E-state index in [1.54, 1.807) is 13.8 Å². The standard InChI is InChI=1S/C4H9ClO/c1-3(5)4(2)6/h3-4,6H,1-2H3/t3?,4-/m1/s1. The van der Waals surface area contributed by atoms with Gasteiger partial charge in [0.15, 0.2) is 0 Å². The normalized spacial score (nSPS) is 20.0. The van der Waals surface area contributed by atoms with Gasteiger partial charge in [-0.05, 0) is 13.8 Å². The SMILES string of the molecule is CC(Cl)[C@@H](C)O. The predicted molar refractivity (Wildman–Crippen MR) is 27.0 cm³/mol. The average molecular weight is 109 g/mol. The Balaban J connectivity index is 2.99. The molecule has 0 saturated heterocycles. The van der Waals surface area contributed by atoms with Crippen LogP contribution in [0.4, 0.5) is 0 Å². The Morgan fingerprint density at radius 2 is 1.67 bits per heavy atom.